The summed E-state index contributed by atoms with van der Waals surface area (Å²) < 4.78 is 5.34. The Kier molecular flexibility index (Phi) is 4.38. The van der Waals surface area contributed by atoms with E-state index in [9.17, 15) is 5.11 Å². The van der Waals surface area contributed by atoms with Crippen LogP contribution in [0.1, 0.15) is 29.2 Å². The van der Waals surface area contributed by atoms with E-state index in [4.69, 9.17) is 4.74 Å². The lowest BCUT2D eigenvalue weighted by Crippen LogP contribution is -2.28. The fraction of sp³-hybridized carbons (Fsp3) is 0.600. The predicted molar refractivity (Wildman–Crippen MR) is 72.7 cm³/mol. The first-order valence-corrected chi connectivity index (χ1v) is 6.60. The maximum atomic E-state index is 10.3. The number of benzene rings is 1. The van der Waals surface area contributed by atoms with Crippen molar-refractivity contribution in [2.75, 3.05) is 26.7 Å². The number of rotatable bonds is 4. The van der Waals surface area contributed by atoms with Crippen LogP contribution in [0.5, 0.6) is 0 Å². The maximum absolute atomic E-state index is 10.3. The highest BCUT2D eigenvalue weighted by atomic mass is 16.5. The monoisotopic (exact) mass is 249 g/mol. The van der Waals surface area contributed by atoms with E-state index >= 15 is 0 Å². The quantitative estimate of drug-likeness (QED) is 0.886. The Bertz CT molecular complexity index is 405. The van der Waals surface area contributed by atoms with Crippen molar-refractivity contribution in [3.05, 3.63) is 34.9 Å². The second-order valence-corrected chi connectivity index (χ2v) is 5.28. The number of hydrogen-bond acceptors (Lipinski definition) is 3. The third-order valence-corrected chi connectivity index (χ3v) is 3.78. The van der Waals surface area contributed by atoms with Crippen LogP contribution in [0.25, 0.3) is 0 Å². The molecule has 0 aliphatic carbocycles. The van der Waals surface area contributed by atoms with Crippen LogP contribution in [0.3, 0.4) is 0 Å². The molecule has 1 fully saturated rings. The molecule has 0 bridgehead atoms. The fourth-order valence-corrected chi connectivity index (χ4v) is 2.70. The van der Waals surface area contributed by atoms with Gasteiger partial charge in [0, 0.05) is 26.7 Å². The van der Waals surface area contributed by atoms with Crippen molar-refractivity contribution >= 4 is 0 Å². The minimum atomic E-state index is -0.402. The number of methoxy groups -OCH3 is 1. The van der Waals surface area contributed by atoms with Crippen LogP contribution in [-0.2, 0) is 4.74 Å². The lowest BCUT2D eigenvalue weighted by Gasteiger charge is -2.21. The highest BCUT2D eigenvalue weighted by Gasteiger charge is 2.24. The van der Waals surface area contributed by atoms with Gasteiger partial charge in [-0.3, -0.25) is 4.90 Å². The minimum Gasteiger partial charge on any atom is -0.387 e. The van der Waals surface area contributed by atoms with E-state index in [1.807, 2.05) is 6.07 Å². The number of hydrogen-bond donors (Lipinski definition) is 1. The van der Waals surface area contributed by atoms with Crippen LogP contribution < -0.4 is 0 Å². The summed E-state index contributed by atoms with van der Waals surface area (Å²) in [5.74, 6) is 0. The average molecular weight is 249 g/mol. The number of likely N-dealkylation sites (tertiary alicyclic amines) is 1. The second kappa shape index (κ2) is 5.83. The van der Waals surface area contributed by atoms with E-state index in [2.05, 4.69) is 30.9 Å². The summed E-state index contributed by atoms with van der Waals surface area (Å²) in [5, 5.41) is 10.3. The number of ether oxygens (including phenoxy) is 1. The van der Waals surface area contributed by atoms with E-state index in [-0.39, 0.29) is 0 Å². The largest absolute Gasteiger partial charge is 0.387 e. The molecule has 2 unspecified atom stereocenters. The molecule has 18 heavy (non-hydrogen) atoms. The average Bonchev–Trinajstić information content (AvgIpc) is 2.76. The van der Waals surface area contributed by atoms with Crippen LogP contribution >= 0.6 is 0 Å². The zero-order chi connectivity index (χ0) is 13.1. The molecule has 1 heterocycles. The van der Waals surface area contributed by atoms with E-state index in [1.165, 1.54) is 11.1 Å². The highest BCUT2D eigenvalue weighted by molar-refractivity contribution is 5.32. The maximum Gasteiger partial charge on any atom is 0.0919 e. The first kappa shape index (κ1) is 13.5. The number of β-amino-alcohol motifs (C(OH)–C–C–N with tert-alkyl or cyclic N) is 1. The Morgan fingerprint density at radius 3 is 2.83 bits per heavy atom. The van der Waals surface area contributed by atoms with Gasteiger partial charge in [0.05, 0.1) is 12.2 Å². The number of nitrogens with zero attached hydrogens (tertiary/aromatic N) is 1. The topological polar surface area (TPSA) is 32.7 Å². The van der Waals surface area contributed by atoms with Gasteiger partial charge in [-0.15, -0.1) is 0 Å². The molecule has 1 aromatic carbocycles. The molecule has 0 spiro atoms. The van der Waals surface area contributed by atoms with Crippen molar-refractivity contribution in [1.82, 2.24) is 4.90 Å². The van der Waals surface area contributed by atoms with E-state index < -0.39 is 6.10 Å². The SMILES string of the molecule is COC1CCN(CC(O)c2ccc(C)cc2C)C1. The molecule has 0 radical (unpaired) electrons. The molecule has 3 nitrogen and oxygen atoms in total. The van der Waals surface area contributed by atoms with Crippen LogP contribution in [-0.4, -0.2) is 42.9 Å². The van der Waals surface area contributed by atoms with Crippen LogP contribution in [0.4, 0.5) is 0 Å². The van der Waals surface area contributed by atoms with Gasteiger partial charge in [0.25, 0.3) is 0 Å². The Balaban J connectivity index is 1.97. The van der Waals surface area contributed by atoms with Gasteiger partial charge >= 0.3 is 0 Å². The lowest BCUT2D eigenvalue weighted by molar-refractivity contribution is 0.0896. The van der Waals surface area contributed by atoms with Gasteiger partial charge in [-0.05, 0) is 31.4 Å². The van der Waals surface area contributed by atoms with Gasteiger partial charge in [0.15, 0.2) is 0 Å². The van der Waals surface area contributed by atoms with Crippen LogP contribution in [0, 0.1) is 13.8 Å². The molecule has 2 atom stereocenters. The third kappa shape index (κ3) is 3.10. The van der Waals surface area contributed by atoms with Crippen molar-refractivity contribution in [3.63, 3.8) is 0 Å². The first-order valence-electron chi connectivity index (χ1n) is 6.60. The Morgan fingerprint density at radius 1 is 1.44 bits per heavy atom. The summed E-state index contributed by atoms with van der Waals surface area (Å²) in [6.07, 6.45) is 0.994. The normalized spacial score (nSPS) is 22.3. The molecule has 1 aliphatic heterocycles. The summed E-state index contributed by atoms with van der Waals surface area (Å²) in [4.78, 5) is 2.28. The van der Waals surface area contributed by atoms with E-state index in [0.717, 1.165) is 25.1 Å². The molecule has 1 aromatic rings. The Morgan fingerprint density at radius 2 is 2.22 bits per heavy atom. The van der Waals surface area contributed by atoms with Crippen molar-refractivity contribution in [2.24, 2.45) is 0 Å². The first-order chi connectivity index (χ1) is 8.60. The Hall–Kier alpha value is -0.900. The molecule has 1 saturated heterocycles. The lowest BCUT2D eigenvalue weighted by atomic mass is 10.0. The van der Waals surface area contributed by atoms with Crippen LogP contribution in [0.2, 0.25) is 0 Å². The molecule has 0 saturated carbocycles. The molecule has 100 valence electrons. The zero-order valence-electron chi connectivity index (χ0n) is 11.5. The van der Waals surface area contributed by atoms with Gasteiger partial charge in [-0.25, -0.2) is 0 Å². The predicted octanol–water partition coefficient (Wildman–Crippen LogP) is 2.06. The van der Waals surface area contributed by atoms with Crippen molar-refractivity contribution in [2.45, 2.75) is 32.5 Å². The molecule has 1 aliphatic rings. The van der Waals surface area contributed by atoms with Crippen molar-refractivity contribution in [3.8, 4) is 0 Å². The van der Waals surface area contributed by atoms with Crippen LogP contribution in [0.15, 0.2) is 18.2 Å². The van der Waals surface area contributed by atoms with Gasteiger partial charge in [-0.1, -0.05) is 23.8 Å². The third-order valence-electron chi connectivity index (χ3n) is 3.78. The van der Waals surface area contributed by atoms with Gasteiger partial charge < -0.3 is 9.84 Å². The summed E-state index contributed by atoms with van der Waals surface area (Å²) >= 11 is 0. The highest BCUT2D eigenvalue weighted by Crippen LogP contribution is 2.22. The van der Waals surface area contributed by atoms with Crippen molar-refractivity contribution < 1.29 is 9.84 Å². The summed E-state index contributed by atoms with van der Waals surface area (Å²) in [5.41, 5.74) is 3.45. The molecule has 2 rings (SSSR count). The van der Waals surface area contributed by atoms with E-state index in [0.29, 0.717) is 12.6 Å². The van der Waals surface area contributed by atoms with Gasteiger partial charge in [0.2, 0.25) is 0 Å². The molecular weight excluding hydrogens is 226 g/mol. The molecule has 0 aromatic heterocycles. The molecule has 3 heteroatoms. The Labute approximate surface area is 109 Å². The van der Waals surface area contributed by atoms with Gasteiger partial charge in [0.1, 0.15) is 0 Å². The number of aliphatic hydroxyl groups excluding tert-OH is 1. The summed E-state index contributed by atoms with van der Waals surface area (Å²) in [7, 11) is 1.76. The number of aryl methyl sites for hydroxylation is 2. The van der Waals surface area contributed by atoms with E-state index in [1.54, 1.807) is 7.11 Å². The fourth-order valence-electron chi connectivity index (χ4n) is 2.70. The summed E-state index contributed by atoms with van der Waals surface area (Å²) in [6, 6.07) is 6.23. The minimum absolute atomic E-state index is 0.330. The molecule has 0 amide bonds. The smallest absolute Gasteiger partial charge is 0.0919 e. The molecular formula is C15H23NO2. The standard InChI is InChI=1S/C15H23NO2/c1-11-4-5-14(12(2)8-11)15(17)10-16-7-6-13(9-16)18-3/h4-5,8,13,15,17H,6-7,9-10H2,1-3H3. The number of aliphatic hydroxyl groups is 1. The second-order valence-electron chi connectivity index (χ2n) is 5.28. The van der Waals surface area contributed by atoms with Gasteiger partial charge in [-0.2, -0.15) is 0 Å². The summed E-state index contributed by atoms with van der Waals surface area (Å²) in [6.45, 7) is 6.78. The molecule has 1 N–H and O–H groups in total. The zero-order valence-corrected chi connectivity index (χ0v) is 11.5. The van der Waals surface area contributed by atoms with Crippen molar-refractivity contribution in [1.29, 1.82) is 0 Å².